The molecule has 294 valence electrons. The molecule has 9 nitrogen and oxygen atoms in total. The fraction of sp³-hybridized carbons (Fsp3) is 0.255. The highest BCUT2D eigenvalue weighted by Gasteiger charge is 2.34. The molecule has 7 rings (SSSR count). The summed E-state index contributed by atoms with van der Waals surface area (Å²) in [6, 6.07) is 44.9. The number of rotatable bonds is 14. The first-order valence-electron chi connectivity index (χ1n) is 19.3. The van der Waals surface area contributed by atoms with Crippen LogP contribution in [0, 0.1) is 6.92 Å². The van der Waals surface area contributed by atoms with Gasteiger partial charge in [-0.2, -0.15) is 4.72 Å². The van der Waals surface area contributed by atoms with Gasteiger partial charge in [-0.3, -0.25) is 9.69 Å². The molecule has 1 fully saturated rings. The fourth-order valence-electron chi connectivity index (χ4n) is 7.24. The van der Waals surface area contributed by atoms with Crippen molar-refractivity contribution >= 4 is 32.4 Å². The van der Waals surface area contributed by atoms with Crippen molar-refractivity contribution in [1.82, 2.24) is 9.62 Å². The zero-order valence-electron chi connectivity index (χ0n) is 32.4. The van der Waals surface area contributed by atoms with Crippen molar-refractivity contribution in [1.29, 1.82) is 0 Å². The minimum Gasteiger partial charge on any atom is -0.392 e. The van der Waals surface area contributed by atoms with E-state index in [-0.39, 0.29) is 36.2 Å². The number of carbonyl (C=O) groups excluding carboxylic acids is 1. The van der Waals surface area contributed by atoms with Crippen LogP contribution in [0.25, 0.3) is 10.8 Å². The molecule has 1 aliphatic heterocycles. The van der Waals surface area contributed by atoms with Crippen molar-refractivity contribution in [2.45, 2.75) is 68.8 Å². The maximum absolute atomic E-state index is 14.0. The number of hydrogen-bond acceptors (Lipinski definition) is 7. The molecule has 0 spiro atoms. The van der Waals surface area contributed by atoms with Crippen molar-refractivity contribution in [2.24, 2.45) is 0 Å². The minimum absolute atomic E-state index is 0.0459. The topological polar surface area (TPSA) is 117 Å². The quantitative estimate of drug-likeness (QED) is 0.102. The van der Waals surface area contributed by atoms with Crippen molar-refractivity contribution in [2.75, 3.05) is 18.9 Å². The molecule has 1 aliphatic rings. The average molecular weight is 784 g/mol. The molecular formula is C47H49N3O6S. The lowest BCUT2D eigenvalue weighted by Gasteiger charge is -2.39. The van der Waals surface area contributed by atoms with Gasteiger partial charge in [-0.15, -0.1) is 0 Å². The molecular weight excluding hydrogens is 735 g/mol. The van der Waals surface area contributed by atoms with E-state index in [0.29, 0.717) is 24.2 Å². The second-order valence-electron chi connectivity index (χ2n) is 14.9. The summed E-state index contributed by atoms with van der Waals surface area (Å²) in [6.07, 6.45) is -0.495. The maximum Gasteiger partial charge on any atom is 0.242 e. The number of nitrogens with one attached hydrogen (secondary N) is 2. The highest BCUT2D eigenvalue weighted by molar-refractivity contribution is 7.89. The van der Waals surface area contributed by atoms with Crippen molar-refractivity contribution in [3.63, 3.8) is 0 Å². The lowest BCUT2D eigenvalue weighted by atomic mass is 9.98. The van der Waals surface area contributed by atoms with Crippen LogP contribution in [-0.4, -0.2) is 50.1 Å². The lowest BCUT2D eigenvalue weighted by molar-refractivity contribution is -0.253. The molecule has 6 aromatic carbocycles. The van der Waals surface area contributed by atoms with Crippen LogP contribution in [0.1, 0.15) is 65.2 Å². The summed E-state index contributed by atoms with van der Waals surface area (Å²) in [4.78, 5) is 16.3. The summed E-state index contributed by atoms with van der Waals surface area (Å²) in [6.45, 7) is 4.67. The Morgan fingerprint density at radius 3 is 2.25 bits per heavy atom. The third-order valence-corrected chi connectivity index (χ3v) is 12.2. The summed E-state index contributed by atoms with van der Waals surface area (Å²) in [5.74, 6) is -0.499. The van der Waals surface area contributed by atoms with Gasteiger partial charge in [-0.1, -0.05) is 121 Å². The third-order valence-electron chi connectivity index (χ3n) is 10.7. The molecule has 57 heavy (non-hydrogen) atoms. The van der Waals surface area contributed by atoms with Crippen molar-refractivity contribution < 1.29 is 27.8 Å². The highest BCUT2D eigenvalue weighted by Crippen LogP contribution is 2.39. The van der Waals surface area contributed by atoms with E-state index in [1.54, 1.807) is 18.2 Å². The van der Waals surface area contributed by atoms with Gasteiger partial charge in [0.1, 0.15) is 6.04 Å². The molecule has 1 heterocycles. The fourth-order valence-corrected chi connectivity index (χ4v) is 8.43. The molecule has 0 radical (unpaired) electrons. The van der Waals surface area contributed by atoms with E-state index in [2.05, 4.69) is 65.3 Å². The molecule has 1 amide bonds. The normalized spacial score (nSPS) is 18.3. The van der Waals surface area contributed by atoms with Gasteiger partial charge in [-0.05, 0) is 90.7 Å². The zero-order valence-corrected chi connectivity index (χ0v) is 33.2. The van der Waals surface area contributed by atoms with Gasteiger partial charge in [0.15, 0.2) is 6.29 Å². The van der Waals surface area contributed by atoms with Crippen molar-refractivity contribution in [3.05, 3.63) is 179 Å². The SMILES string of the molecule is Cc1ccc(S(=O)(=O)NC(Cc2ccccc2)C(=O)Nc2cccc(C3OC(CN(C)C(C)c4ccc5ccccc5c4)CC(c4ccc(CO)cc4)O3)c2)cc1. The van der Waals surface area contributed by atoms with E-state index >= 15 is 0 Å². The molecule has 1 saturated heterocycles. The number of sulfonamides is 1. The molecule has 5 unspecified atom stereocenters. The van der Waals surface area contributed by atoms with Gasteiger partial charge in [0.25, 0.3) is 0 Å². The maximum atomic E-state index is 14.0. The zero-order chi connectivity index (χ0) is 39.9. The van der Waals surface area contributed by atoms with E-state index in [1.165, 1.54) is 28.5 Å². The monoisotopic (exact) mass is 783 g/mol. The number of ether oxygens (including phenoxy) is 2. The first-order chi connectivity index (χ1) is 27.5. The number of nitrogens with zero attached hydrogens (tertiary/aromatic N) is 1. The predicted molar refractivity (Wildman–Crippen MR) is 224 cm³/mol. The van der Waals surface area contributed by atoms with Crippen LogP contribution >= 0.6 is 0 Å². The number of amides is 1. The van der Waals surface area contributed by atoms with Crippen LogP contribution < -0.4 is 10.0 Å². The number of carbonyl (C=O) groups is 1. The summed E-state index contributed by atoms with van der Waals surface area (Å²) in [5.41, 5.74) is 5.93. The van der Waals surface area contributed by atoms with Crippen LogP contribution in [0.3, 0.4) is 0 Å². The molecule has 0 saturated carbocycles. The predicted octanol–water partition coefficient (Wildman–Crippen LogP) is 8.41. The largest absolute Gasteiger partial charge is 0.392 e. The Morgan fingerprint density at radius 1 is 0.789 bits per heavy atom. The van der Waals surface area contributed by atoms with E-state index in [0.717, 1.165) is 22.3 Å². The second-order valence-corrected chi connectivity index (χ2v) is 16.6. The highest BCUT2D eigenvalue weighted by atomic mass is 32.2. The molecule has 3 N–H and O–H groups in total. The van der Waals surface area contributed by atoms with Crippen LogP contribution in [0.5, 0.6) is 0 Å². The molecule has 6 aromatic rings. The van der Waals surface area contributed by atoms with E-state index < -0.39 is 28.3 Å². The van der Waals surface area contributed by atoms with Crippen molar-refractivity contribution in [3.8, 4) is 0 Å². The minimum atomic E-state index is -4.01. The molecule has 0 aromatic heterocycles. The number of anilines is 1. The number of likely N-dealkylation sites (N-methyl/N-ethyl adjacent to an activating group) is 1. The van der Waals surface area contributed by atoms with Gasteiger partial charge < -0.3 is 19.9 Å². The van der Waals surface area contributed by atoms with Crippen LogP contribution in [0.4, 0.5) is 5.69 Å². The Kier molecular flexibility index (Phi) is 12.6. The Bertz CT molecular complexity index is 2390. The number of benzene rings is 6. The number of aryl methyl sites for hydroxylation is 1. The first-order valence-corrected chi connectivity index (χ1v) is 20.8. The Labute approximate surface area is 335 Å². The van der Waals surface area contributed by atoms with E-state index in [4.69, 9.17) is 9.47 Å². The summed E-state index contributed by atoms with van der Waals surface area (Å²) < 4.78 is 43.0. The second kappa shape index (κ2) is 17.9. The number of fused-ring (bicyclic) bond motifs is 1. The van der Waals surface area contributed by atoms with Crippen LogP contribution in [-0.2, 0) is 37.3 Å². The van der Waals surface area contributed by atoms with Gasteiger partial charge in [0.05, 0.1) is 23.7 Å². The molecule has 0 bridgehead atoms. The molecule has 5 atom stereocenters. The Morgan fingerprint density at radius 2 is 1.51 bits per heavy atom. The van der Waals surface area contributed by atoms with Gasteiger partial charge in [0, 0.05) is 30.3 Å². The lowest BCUT2D eigenvalue weighted by Crippen LogP contribution is -2.45. The Hall–Kier alpha value is -5.20. The average Bonchev–Trinajstić information content (AvgIpc) is 3.23. The smallest absolute Gasteiger partial charge is 0.242 e. The number of aliphatic hydroxyl groups is 1. The first kappa shape index (κ1) is 40.0. The number of hydrogen-bond donors (Lipinski definition) is 3. The van der Waals surface area contributed by atoms with E-state index in [1.807, 2.05) is 85.8 Å². The van der Waals surface area contributed by atoms with Gasteiger partial charge >= 0.3 is 0 Å². The van der Waals surface area contributed by atoms with E-state index in [9.17, 15) is 18.3 Å². The summed E-state index contributed by atoms with van der Waals surface area (Å²) >= 11 is 0. The van der Waals surface area contributed by atoms with Gasteiger partial charge in [0.2, 0.25) is 15.9 Å². The standard InChI is InChI=1S/C47H49N3O6S/c1-32-16-24-43(25-17-32)57(53,54)49-44(26-34-10-5-4-6-11-34)46(52)48-41-15-9-14-40(28-41)47-55-42(29-45(56-47)37-20-18-35(31-51)19-21-37)30-50(3)33(2)38-23-22-36-12-7-8-13-39(36)27-38/h4-25,27-28,33,42,44-45,47,49,51H,26,29-31H2,1-3H3,(H,48,52). The van der Waals surface area contributed by atoms with Gasteiger partial charge in [-0.25, -0.2) is 8.42 Å². The van der Waals surface area contributed by atoms with Crippen LogP contribution in [0.15, 0.2) is 150 Å². The Balaban J connectivity index is 1.11. The third kappa shape index (κ3) is 10.0. The molecule has 10 heteroatoms. The van der Waals surface area contributed by atoms with Crippen LogP contribution in [0.2, 0.25) is 0 Å². The summed E-state index contributed by atoms with van der Waals surface area (Å²) in [7, 11) is -1.91. The summed E-state index contributed by atoms with van der Waals surface area (Å²) in [5, 5.41) is 15.0. The molecule has 0 aliphatic carbocycles. The number of aliphatic hydroxyl groups excluding tert-OH is 1.